The van der Waals surface area contributed by atoms with Gasteiger partial charge in [-0.25, -0.2) is 0 Å². The third-order valence-electron chi connectivity index (χ3n) is 2.70. The van der Waals surface area contributed by atoms with Crippen molar-refractivity contribution in [2.75, 3.05) is 6.54 Å². The molecule has 0 aliphatic heterocycles. The summed E-state index contributed by atoms with van der Waals surface area (Å²) in [6.45, 7) is 11.0. The van der Waals surface area contributed by atoms with E-state index in [1.54, 1.807) is 6.26 Å². The first-order valence-corrected chi connectivity index (χ1v) is 6.51. The van der Waals surface area contributed by atoms with Crippen molar-refractivity contribution < 1.29 is 9.15 Å². The van der Waals surface area contributed by atoms with Crippen LogP contribution >= 0.6 is 0 Å². The van der Waals surface area contributed by atoms with Crippen molar-refractivity contribution in [3.8, 4) is 0 Å². The van der Waals surface area contributed by atoms with Crippen molar-refractivity contribution in [1.29, 1.82) is 0 Å². The Balaban J connectivity index is 2.37. The van der Waals surface area contributed by atoms with E-state index < -0.39 is 0 Å². The van der Waals surface area contributed by atoms with Crippen LogP contribution in [0.5, 0.6) is 0 Å². The van der Waals surface area contributed by atoms with Crippen molar-refractivity contribution in [1.82, 2.24) is 5.32 Å². The van der Waals surface area contributed by atoms with E-state index in [0.29, 0.717) is 18.6 Å². The van der Waals surface area contributed by atoms with Gasteiger partial charge in [0.1, 0.15) is 5.76 Å². The summed E-state index contributed by atoms with van der Waals surface area (Å²) in [6.07, 6.45) is 3.13. The molecule has 0 saturated heterocycles. The predicted molar refractivity (Wildman–Crippen MR) is 69.8 cm³/mol. The van der Waals surface area contributed by atoms with Crippen LogP contribution in [-0.2, 0) is 17.9 Å². The molecule has 0 spiro atoms. The maximum atomic E-state index is 5.83. The molecule has 3 nitrogen and oxygen atoms in total. The highest BCUT2D eigenvalue weighted by Gasteiger charge is 2.09. The summed E-state index contributed by atoms with van der Waals surface area (Å²) in [7, 11) is 0. The van der Waals surface area contributed by atoms with E-state index in [4.69, 9.17) is 9.15 Å². The molecule has 0 aliphatic rings. The van der Waals surface area contributed by atoms with Gasteiger partial charge in [0.25, 0.3) is 0 Å². The molecule has 0 saturated carbocycles. The van der Waals surface area contributed by atoms with E-state index >= 15 is 0 Å². The Hall–Kier alpha value is -0.800. The number of nitrogens with one attached hydrogen (secondary N) is 1. The van der Waals surface area contributed by atoms with Gasteiger partial charge in [0.15, 0.2) is 0 Å². The molecule has 98 valence electrons. The molecule has 1 heterocycles. The van der Waals surface area contributed by atoms with Gasteiger partial charge in [-0.2, -0.15) is 0 Å². The van der Waals surface area contributed by atoms with Gasteiger partial charge in [0.05, 0.1) is 25.5 Å². The van der Waals surface area contributed by atoms with Crippen LogP contribution < -0.4 is 5.32 Å². The second kappa shape index (κ2) is 7.51. The van der Waals surface area contributed by atoms with E-state index in [0.717, 1.165) is 30.8 Å². The van der Waals surface area contributed by atoms with Gasteiger partial charge in [0, 0.05) is 5.56 Å². The number of rotatable bonds is 8. The van der Waals surface area contributed by atoms with E-state index in [2.05, 4.69) is 33.0 Å². The lowest BCUT2D eigenvalue weighted by atomic mass is 10.1. The molecule has 0 amide bonds. The van der Waals surface area contributed by atoms with Crippen LogP contribution in [0.25, 0.3) is 0 Å². The lowest BCUT2D eigenvalue weighted by Crippen LogP contribution is -2.14. The second-order valence-electron chi connectivity index (χ2n) is 4.90. The SMILES string of the molecule is CCNCc1occc1COC(C)CC(C)C. The standard InChI is InChI=1S/C14H25NO2/c1-5-15-9-14-13(6-7-16-14)10-17-12(4)8-11(2)3/h6-7,11-12,15H,5,8-10H2,1-4H3. The van der Waals surface area contributed by atoms with E-state index in [1.165, 1.54) is 0 Å². The molecule has 1 atom stereocenters. The molecule has 1 aromatic rings. The first-order valence-electron chi connectivity index (χ1n) is 6.51. The molecule has 0 fully saturated rings. The van der Waals surface area contributed by atoms with E-state index in [-0.39, 0.29) is 0 Å². The quantitative estimate of drug-likeness (QED) is 0.755. The molecule has 0 aromatic carbocycles. The summed E-state index contributed by atoms with van der Waals surface area (Å²) in [4.78, 5) is 0. The van der Waals surface area contributed by atoms with Gasteiger partial charge in [-0.3, -0.25) is 0 Å². The first-order chi connectivity index (χ1) is 8.13. The molecule has 17 heavy (non-hydrogen) atoms. The summed E-state index contributed by atoms with van der Waals surface area (Å²) < 4.78 is 11.3. The lowest BCUT2D eigenvalue weighted by Gasteiger charge is -2.15. The monoisotopic (exact) mass is 239 g/mol. The zero-order valence-electron chi connectivity index (χ0n) is 11.5. The van der Waals surface area contributed by atoms with Crippen LogP contribution in [0, 0.1) is 5.92 Å². The molecule has 1 rings (SSSR count). The largest absolute Gasteiger partial charge is 0.468 e. The van der Waals surface area contributed by atoms with Crippen LogP contribution in [0.3, 0.4) is 0 Å². The smallest absolute Gasteiger partial charge is 0.123 e. The van der Waals surface area contributed by atoms with Crippen LogP contribution in [0.1, 0.15) is 45.4 Å². The molecule has 1 N–H and O–H groups in total. The van der Waals surface area contributed by atoms with E-state index in [9.17, 15) is 0 Å². The Morgan fingerprint density at radius 2 is 2.12 bits per heavy atom. The highest BCUT2D eigenvalue weighted by atomic mass is 16.5. The Bertz CT molecular complexity index is 307. The second-order valence-corrected chi connectivity index (χ2v) is 4.90. The molecular formula is C14H25NO2. The Morgan fingerprint density at radius 1 is 1.35 bits per heavy atom. The number of ether oxygens (including phenoxy) is 1. The molecule has 0 radical (unpaired) electrons. The molecule has 1 unspecified atom stereocenters. The van der Waals surface area contributed by atoms with Crippen LogP contribution in [0.4, 0.5) is 0 Å². The van der Waals surface area contributed by atoms with Crippen molar-refractivity contribution in [3.05, 3.63) is 23.7 Å². The third-order valence-corrected chi connectivity index (χ3v) is 2.70. The van der Waals surface area contributed by atoms with Crippen LogP contribution in [0.15, 0.2) is 16.7 Å². The molecule has 1 aromatic heterocycles. The molecule has 0 aliphatic carbocycles. The van der Waals surface area contributed by atoms with Gasteiger partial charge < -0.3 is 14.5 Å². The third kappa shape index (κ3) is 5.37. The normalized spacial score (nSPS) is 13.2. The Labute approximate surface area is 105 Å². The summed E-state index contributed by atoms with van der Waals surface area (Å²) >= 11 is 0. The number of hydrogen-bond donors (Lipinski definition) is 1. The molecule has 3 heteroatoms. The van der Waals surface area contributed by atoms with Crippen molar-refractivity contribution in [2.45, 2.75) is 53.4 Å². The summed E-state index contributed by atoms with van der Waals surface area (Å²) in [5, 5.41) is 3.26. The fraction of sp³-hybridized carbons (Fsp3) is 0.714. The van der Waals surface area contributed by atoms with Crippen molar-refractivity contribution >= 4 is 0 Å². The minimum Gasteiger partial charge on any atom is -0.468 e. The minimum absolute atomic E-state index is 0.303. The highest BCUT2D eigenvalue weighted by Crippen LogP contribution is 2.15. The maximum Gasteiger partial charge on any atom is 0.123 e. The van der Waals surface area contributed by atoms with E-state index in [1.807, 2.05) is 6.07 Å². The summed E-state index contributed by atoms with van der Waals surface area (Å²) in [5.41, 5.74) is 1.15. The summed E-state index contributed by atoms with van der Waals surface area (Å²) in [5.74, 6) is 1.67. The fourth-order valence-electron chi connectivity index (χ4n) is 1.85. The molecular weight excluding hydrogens is 214 g/mol. The average Bonchev–Trinajstić information content (AvgIpc) is 2.70. The lowest BCUT2D eigenvalue weighted by molar-refractivity contribution is 0.0389. The van der Waals surface area contributed by atoms with Gasteiger partial charge in [0.2, 0.25) is 0 Å². The van der Waals surface area contributed by atoms with Crippen LogP contribution in [0.2, 0.25) is 0 Å². The van der Waals surface area contributed by atoms with Crippen molar-refractivity contribution in [3.63, 3.8) is 0 Å². The van der Waals surface area contributed by atoms with Crippen molar-refractivity contribution in [2.24, 2.45) is 5.92 Å². The van der Waals surface area contributed by atoms with Crippen LogP contribution in [-0.4, -0.2) is 12.6 Å². The predicted octanol–water partition coefficient (Wildman–Crippen LogP) is 3.34. The Kier molecular flexibility index (Phi) is 6.30. The van der Waals surface area contributed by atoms with Gasteiger partial charge in [-0.15, -0.1) is 0 Å². The average molecular weight is 239 g/mol. The number of hydrogen-bond acceptors (Lipinski definition) is 3. The van der Waals surface area contributed by atoms with Gasteiger partial charge in [-0.05, 0) is 31.9 Å². The highest BCUT2D eigenvalue weighted by molar-refractivity contribution is 5.15. The fourth-order valence-corrected chi connectivity index (χ4v) is 1.85. The topological polar surface area (TPSA) is 34.4 Å². The number of furan rings is 1. The van der Waals surface area contributed by atoms with Gasteiger partial charge in [-0.1, -0.05) is 20.8 Å². The summed E-state index contributed by atoms with van der Waals surface area (Å²) in [6, 6.07) is 1.99. The minimum atomic E-state index is 0.303. The molecule has 0 bridgehead atoms. The van der Waals surface area contributed by atoms with Gasteiger partial charge >= 0.3 is 0 Å². The Morgan fingerprint density at radius 3 is 2.76 bits per heavy atom. The zero-order chi connectivity index (χ0) is 12.7. The first kappa shape index (κ1) is 14.3. The zero-order valence-corrected chi connectivity index (χ0v) is 11.5. The maximum absolute atomic E-state index is 5.83.